The smallest absolute Gasteiger partial charge is 0.267 e. The number of hydrogen-bond acceptors (Lipinski definition) is 6. The summed E-state index contributed by atoms with van der Waals surface area (Å²) in [6.07, 6.45) is 4.94. The molecule has 0 atom stereocenters. The average molecular weight is 372 g/mol. The molecule has 4 aromatic rings. The Labute approximate surface area is 160 Å². The highest BCUT2D eigenvalue weighted by Gasteiger charge is 2.29. The van der Waals surface area contributed by atoms with Gasteiger partial charge < -0.3 is 19.9 Å². The third kappa shape index (κ3) is 2.54. The third-order valence-corrected chi connectivity index (χ3v) is 4.71. The number of aromatic nitrogens is 4. The number of carbonyl (C=O) groups is 1. The van der Waals surface area contributed by atoms with E-state index in [-0.39, 0.29) is 23.2 Å². The molecule has 0 saturated carbocycles. The van der Waals surface area contributed by atoms with Crippen LogP contribution in [-0.4, -0.2) is 38.6 Å². The van der Waals surface area contributed by atoms with Crippen LogP contribution in [0.15, 0.2) is 61.2 Å². The number of benzene rings is 1. The molecule has 2 N–H and O–H groups in total. The van der Waals surface area contributed by atoms with Crippen LogP contribution in [0.5, 0.6) is 5.88 Å². The van der Waals surface area contributed by atoms with Gasteiger partial charge in [0.2, 0.25) is 5.88 Å². The highest BCUT2D eigenvalue weighted by molar-refractivity contribution is 6.11. The number of carbonyl (C=O) groups excluding carboxylic acids is 1. The number of fused-ring (bicyclic) bond motifs is 2. The number of anilines is 2. The van der Waals surface area contributed by atoms with Crippen molar-refractivity contribution in [3.63, 3.8) is 0 Å². The maximum atomic E-state index is 13.1. The molecular formula is C20H16N6O2. The topological polar surface area (TPSA) is 99.2 Å². The van der Waals surface area contributed by atoms with Gasteiger partial charge in [-0.2, -0.15) is 0 Å². The van der Waals surface area contributed by atoms with E-state index in [9.17, 15) is 4.79 Å². The van der Waals surface area contributed by atoms with Gasteiger partial charge in [0.15, 0.2) is 0 Å². The van der Waals surface area contributed by atoms with Gasteiger partial charge in [0, 0.05) is 17.3 Å². The summed E-state index contributed by atoms with van der Waals surface area (Å²) in [5.74, 6) is 0.0182. The minimum atomic E-state index is -0.297. The fourth-order valence-corrected chi connectivity index (χ4v) is 3.37. The second-order valence-electron chi connectivity index (χ2n) is 6.37. The number of ether oxygens (including phenoxy) is 1. The van der Waals surface area contributed by atoms with Crippen LogP contribution in [0.2, 0.25) is 0 Å². The minimum Gasteiger partial charge on any atom is -0.475 e. The summed E-state index contributed by atoms with van der Waals surface area (Å²) in [7, 11) is 0. The molecule has 8 heteroatoms. The van der Waals surface area contributed by atoms with Gasteiger partial charge in [-0.1, -0.05) is 18.2 Å². The number of para-hydroxylation sites is 1. The van der Waals surface area contributed by atoms with Gasteiger partial charge in [0.05, 0.1) is 18.4 Å². The molecule has 3 aromatic heterocycles. The molecule has 0 radical (unpaired) electrons. The highest BCUT2D eigenvalue weighted by atomic mass is 16.5. The minimum absolute atomic E-state index is 0.103. The molecule has 1 aromatic carbocycles. The molecule has 0 spiro atoms. The Morgan fingerprint density at radius 3 is 2.75 bits per heavy atom. The predicted molar refractivity (Wildman–Crippen MR) is 105 cm³/mol. The first-order valence-electron chi connectivity index (χ1n) is 8.80. The molecule has 1 amide bonds. The lowest BCUT2D eigenvalue weighted by Gasteiger charge is -2.20. The van der Waals surface area contributed by atoms with Crippen LogP contribution in [0.4, 0.5) is 11.5 Å². The van der Waals surface area contributed by atoms with Gasteiger partial charge in [-0.05, 0) is 24.3 Å². The van der Waals surface area contributed by atoms with E-state index >= 15 is 0 Å². The maximum Gasteiger partial charge on any atom is 0.267 e. The molecule has 138 valence electrons. The number of nitrogen functional groups attached to an aromatic ring is 1. The summed E-state index contributed by atoms with van der Waals surface area (Å²) < 4.78 is 7.59. The van der Waals surface area contributed by atoms with Gasteiger partial charge in [-0.25, -0.2) is 15.0 Å². The van der Waals surface area contributed by atoms with Crippen LogP contribution < -0.4 is 15.4 Å². The zero-order chi connectivity index (χ0) is 19.1. The van der Waals surface area contributed by atoms with Crippen LogP contribution >= 0.6 is 0 Å². The highest BCUT2D eigenvalue weighted by Crippen LogP contribution is 2.29. The van der Waals surface area contributed by atoms with Crippen LogP contribution in [-0.2, 0) is 0 Å². The fourth-order valence-electron chi connectivity index (χ4n) is 3.37. The van der Waals surface area contributed by atoms with Gasteiger partial charge in [0.1, 0.15) is 30.0 Å². The van der Waals surface area contributed by atoms with Crippen molar-refractivity contribution >= 4 is 28.4 Å². The Morgan fingerprint density at radius 1 is 1.04 bits per heavy atom. The Bertz CT molecular complexity index is 1190. The van der Waals surface area contributed by atoms with Gasteiger partial charge >= 0.3 is 0 Å². The van der Waals surface area contributed by atoms with E-state index < -0.39 is 0 Å². The molecule has 1 aliphatic rings. The zero-order valence-electron chi connectivity index (χ0n) is 14.8. The Kier molecular flexibility index (Phi) is 3.68. The van der Waals surface area contributed by atoms with Crippen molar-refractivity contribution in [3.8, 4) is 11.6 Å². The number of amides is 1. The van der Waals surface area contributed by atoms with Crippen molar-refractivity contribution in [1.82, 2.24) is 19.5 Å². The normalized spacial score (nSPS) is 13.9. The molecule has 0 bridgehead atoms. The molecule has 0 unspecified atom stereocenters. The number of nitrogens with two attached hydrogens (primary N) is 1. The molecule has 5 rings (SSSR count). The van der Waals surface area contributed by atoms with Crippen molar-refractivity contribution < 1.29 is 9.53 Å². The summed E-state index contributed by atoms with van der Waals surface area (Å²) in [5, 5.41) is 0.928. The molecular weight excluding hydrogens is 356 g/mol. The van der Waals surface area contributed by atoms with E-state index in [1.165, 1.54) is 6.33 Å². The largest absolute Gasteiger partial charge is 0.475 e. The predicted octanol–water partition coefficient (Wildman–Crippen LogP) is 2.44. The molecule has 0 aliphatic carbocycles. The maximum absolute atomic E-state index is 13.1. The van der Waals surface area contributed by atoms with Crippen LogP contribution in [0.1, 0.15) is 10.4 Å². The van der Waals surface area contributed by atoms with Crippen molar-refractivity contribution in [3.05, 3.63) is 66.7 Å². The van der Waals surface area contributed by atoms with Gasteiger partial charge in [-0.3, -0.25) is 4.79 Å². The van der Waals surface area contributed by atoms with E-state index in [0.29, 0.717) is 18.8 Å². The lowest BCUT2D eigenvalue weighted by molar-refractivity contribution is 0.0990. The van der Waals surface area contributed by atoms with Crippen molar-refractivity contribution in [2.75, 3.05) is 23.8 Å². The molecule has 1 aliphatic heterocycles. The Balaban J connectivity index is 1.56. The van der Waals surface area contributed by atoms with Gasteiger partial charge in [-0.15, -0.1) is 0 Å². The average Bonchev–Trinajstić information content (AvgIpc) is 3.06. The third-order valence-electron chi connectivity index (χ3n) is 4.71. The lowest BCUT2D eigenvalue weighted by Crippen LogP contribution is -2.32. The quantitative estimate of drug-likeness (QED) is 0.580. The monoisotopic (exact) mass is 372 g/mol. The fraction of sp³-hybridized carbons (Fsp3) is 0.100. The van der Waals surface area contributed by atoms with Crippen molar-refractivity contribution in [1.29, 1.82) is 0 Å². The summed E-state index contributed by atoms with van der Waals surface area (Å²) in [6.45, 7) is 0.666. The summed E-state index contributed by atoms with van der Waals surface area (Å²) in [6, 6.07) is 13.9. The first-order chi connectivity index (χ1) is 13.7. The van der Waals surface area contributed by atoms with Crippen molar-refractivity contribution in [2.45, 2.75) is 0 Å². The molecule has 28 heavy (non-hydrogen) atoms. The number of rotatable bonds is 2. The lowest BCUT2D eigenvalue weighted by atomic mass is 10.2. The van der Waals surface area contributed by atoms with Gasteiger partial charge in [0.25, 0.3) is 5.91 Å². The first kappa shape index (κ1) is 16.2. The SMILES string of the molecule is Nc1ncnc2c1C(=O)N(c1cnc3c(ccn3-c3ccccc3)c1)CCO2. The van der Waals surface area contributed by atoms with E-state index in [4.69, 9.17) is 10.5 Å². The van der Waals surface area contributed by atoms with Crippen LogP contribution in [0, 0.1) is 0 Å². The first-order valence-corrected chi connectivity index (χ1v) is 8.80. The van der Waals surface area contributed by atoms with E-state index in [1.807, 2.05) is 53.2 Å². The number of hydrogen-bond donors (Lipinski definition) is 1. The van der Waals surface area contributed by atoms with E-state index in [0.717, 1.165) is 16.7 Å². The standard InChI is InChI=1S/C20H16N6O2/c21-17-16-19(24-12-23-17)28-9-8-26(20(16)27)15-10-13-6-7-25(18(13)22-11-15)14-4-2-1-3-5-14/h1-7,10-12H,8-9H2,(H2,21,23,24). The van der Waals surface area contributed by atoms with Crippen LogP contribution in [0.25, 0.3) is 16.7 Å². The molecule has 0 fully saturated rings. The molecule has 0 saturated heterocycles. The summed E-state index contributed by atoms with van der Waals surface area (Å²) in [5.41, 5.74) is 8.59. The van der Waals surface area contributed by atoms with E-state index in [2.05, 4.69) is 15.0 Å². The van der Waals surface area contributed by atoms with Crippen molar-refractivity contribution in [2.24, 2.45) is 0 Å². The van der Waals surface area contributed by atoms with Crippen LogP contribution in [0.3, 0.4) is 0 Å². The Hall–Kier alpha value is -3.94. The number of nitrogens with zero attached hydrogens (tertiary/aromatic N) is 5. The summed E-state index contributed by atoms with van der Waals surface area (Å²) in [4.78, 5) is 27.2. The second-order valence-corrected chi connectivity index (χ2v) is 6.37. The van der Waals surface area contributed by atoms with E-state index in [1.54, 1.807) is 11.1 Å². The number of pyridine rings is 1. The molecule has 8 nitrogen and oxygen atoms in total. The zero-order valence-corrected chi connectivity index (χ0v) is 14.8. The second kappa shape index (κ2) is 6.34. The summed E-state index contributed by atoms with van der Waals surface area (Å²) >= 11 is 0. The molecule has 4 heterocycles. The Morgan fingerprint density at radius 2 is 1.89 bits per heavy atom.